The van der Waals surface area contributed by atoms with Crippen molar-refractivity contribution in [2.24, 2.45) is 0 Å². The van der Waals surface area contributed by atoms with Crippen molar-refractivity contribution in [2.75, 3.05) is 0 Å². The van der Waals surface area contributed by atoms with E-state index < -0.39 is 17.6 Å². The average Bonchev–Trinajstić information content (AvgIpc) is 2.81. The second kappa shape index (κ2) is 4.34. The van der Waals surface area contributed by atoms with Gasteiger partial charge in [-0.15, -0.1) is 0 Å². The Hall–Kier alpha value is -2.21. The number of aromatic carboxylic acids is 2. The molecule has 2 rings (SSSR count). The first-order valence-corrected chi connectivity index (χ1v) is 5.54. The predicted octanol–water partition coefficient (Wildman–Crippen LogP) is 2.21. The molecule has 0 aliphatic rings. The number of hydrogen-bond donors (Lipinski definition) is 2. The SMILES string of the molecule is O=C(O)c1ccc(-c2ccsc2)nc1C(=O)O. The van der Waals surface area contributed by atoms with E-state index in [2.05, 4.69) is 4.98 Å². The van der Waals surface area contributed by atoms with E-state index in [9.17, 15) is 9.59 Å². The molecule has 5 nitrogen and oxygen atoms in total. The summed E-state index contributed by atoms with van der Waals surface area (Å²) in [7, 11) is 0. The Morgan fingerprint density at radius 2 is 1.88 bits per heavy atom. The van der Waals surface area contributed by atoms with E-state index >= 15 is 0 Å². The fourth-order valence-corrected chi connectivity index (χ4v) is 2.02. The van der Waals surface area contributed by atoms with Gasteiger partial charge in [0.1, 0.15) is 0 Å². The second-order valence-electron chi connectivity index (χ2n) is 3.21. The maximum atomic E-state index is 10.9. The molecule has 0 aromatic carbocycles. The number of carbonyl (C=O) groups is 2. The molecule has 0 spiro atoms. The van der Waals surface area contributed by atoms with Crippen LogP contribution in [0.2, 0.25) is 0 Å². The number of hydrogen-bond acceptors (Lipinski definition) is 4. The van der Waals surface area contributed by atoms with Gasteiger partial charge in [0.05, 0.1) is 11.3 Å². The molecular formula is C11H7NO4S. The Labute approximate surface area is 100.0 Å². The zero-order valence-electron chi connectivity index (χ0n) is 8.45. The van der Waals surface area contributed by atoms with Crippen molar-refractivity contribution >= 4 is 23.3 Å². The van der Waals surface area contributed by atoms with Crippen molar-refractivity contribution < 1.29 is 19.8 Å². The van der Waals surface area contributed by atoms with Gasteiger partial charge in [-0.05, 0) is 23.6 Å². The maximum absolute atomic E-state index is 10.9. The van der Waals surface area contributed by atoms with Crippen LogP contribution in [0.1, 0.15) is 20.8 Å². The summed E-state index contributed by atoms with van der Waals surface area (Å²) >= 11 is 1.46. The van der Waals surface area contributed by atoms with Gasteiger partial charge in [0.25, 0.3) is 0 Å². The number of pyridine rings is 1. The number of aromatic nitrogens is 1. The van der Waals surface area contributed by atoms with Gasteiger partial charge in [-0.1, -0.05) is 0 Å². The predicted molar refractivity (Wildman–Crippen MR) is 61.5 cm³/mol. The summed E-state index contributed by atoms with van der Waals surface area (Å²) in [4.78, 5) is 25.6. The van der Waals surface area contributed by atoms with E-state index in [4.69, 9.17) is 10.2 Å². The third-order valence-corrected chi connectivity index (χ3v) is 2.83. The van der Waals surface area contributed by atoms with Crippen LogP contribution in [0.5, 0.6) is 0 Å². The van der Waals surface area contributed by atoms with Crippen molar-refractivity contribution in [1.29, 1.82) is 0 Å². The molecule has 2 aromatic heterocycles. The van der Waals surface area contributed by atoms with Crippen LogP contribution >= 0.6 is 11.3 Å². The van der Waals surface area contributed by atoms with Gasteiger partial charge in [0.15, 0.2) is 5.69 Å². The summed E-state index contributed by atoms with van der Waals surface area (Å²) in [6, 6.07) is 4.54. The molecule has 2 N–H and O–H groups in total. The summed E-state index contributed by atoms with van der Waals surface area (Å²) in [6.45, 7) is 0. The monoisotopic (exact) mass is 249 g/mol. The molecule has 0 unspecified atom stereocenters. The number of nitrogens with zero attached hydrogens (tertiary/aromatic N) is 1. The molecule has 17 heavy (non-hydrogen) atoms. The van der Waals surface area contributed by atoms with Crippen LogP contribution in [-0.2, 0) is 0 Å². The van der Waals surface area contributed by atoms with Gasteiger partial charge in [-0.25, -0.2) is 14.6 Å². The quantitative estimate of drug-likeness (QED) is 0.870. The Morgan fingerprint density at radius 3 is 2.41 bits per heavy atom. The lowest BCUT2D eigenvalue weighted by Gasteiger charge is -2.03. The van der Waals surface area contributed by atoms with E-state index in [-0.39, 0.29) is 5.56 Å². The Bertz CT molecular complexity index is 577. The highest BCUT2D eigenvalue weighted by molar-refractivity contribution is 7.08. The zero-order valence-corrected chi connectivity index (χ0v) is 9.27. The number of carboxylic acids is 2. The van der Waals surface area contributed by atoms with Crippen LogP contribution in [0, 0.1) is 0 Å². The van der Waals surface area contributed by atoms with E-state index in [0.717, 1.165) is 5.56 Å². The second-order valence-corrected chi connectivity index (χ2v) is 4.00. The first-order chi connectivity index (χ1) is 8.09. The highest BCUT2D eigenvalue weighted by Gasteiger charge is 2.18. The minimum atomic E-state index is -1.35. The zero-order chi connectivity index (χ0) is 12.4. The molecule has 6 heteroatoms. The molecule has 86 valence electrons. The molecule has 2 aromatic rings. The molecule has 0 bridgehead atoms. The highest BCUT2D eigenvalue weighted by Crippen LogP contribution is 2.21. The van der Waals surface area contributed by atoms with Crippen molar-refractivity contribution in [3.05, 3.63) is 40.2 Å². The lowest BCUT2D eigenvalue weighted by atomic mass is 10.1. The van der Waals surface area contributed by atoms with Gasteiger partial charge in [0.2, 0.25) is 0 Å². The molecule has 0 saturated heterocycles. The Balaban J connectivity index is 2.57. The molecule has 0 aliphatic carbocycles. The van der Waals surface area contributed by atoms with Crippen LogP contribution < -0.4 is 0 Å². The van der Waals surface area contributed by atoms with Crippen molar-refractivity contribution in [3.8, 4) is 11.3 Å². The smallest absolute Gasteiger partial charge is 0.355 e. The van der Waals surface area contributed by atoms with Crippen molar-refractivity contribution in [3.63, 3.8) is 0 Å². The lowest BCUT2D eigenvalue weighted by Crippen LogP contribution is -2.10. The summed E-state index contributed by atoms with van der Waals surface area (Å²) in [6.07, 6.45) is 0. The van der Waals surface area contributed by atoms with E-state index in [1.165, 1.54) is 23.5 Å². The van der Waals surface area contributed by atoms with Gasteiger partial charge in [-0.2, -0.15) is 11.3 Å². The molecule has 0 aliphatic heterocycles. The third-order valence-electron chi connectivity index (χ3n) is 2.15. The molecule has 0 fully saturated rings. The molecule has 0 saturated carbocycles. The summed E-state index contributed by atoms with van der Waals surface area (Å²) in [5.41, 5.74) is 0.473. The lowest BCUT2D eigenvalue weighted by molar-refractivity contribution is 0.0646. The Kier molecular flexibility index (Phi) is 2.88. The summed E-state index contributed by atoms with van der Waals surface area (Å²) in [5.74, 6) is -2.65. The van der Waals surface area contributed by atoms with Crippen LogP contribution in [-0.4, -0.2) is 27.1 Å². The van der Waals surface area contributed by atoms with Crippen LogP contribution in [0.4, 0.5) is 0 Å². The van der Waals surface area contributed by atoms with Gasteiger partial charge in [-0.3, -0.25) is 0 Å². The number of rotatable bonds is 3. The normalized spacial score (nSPS) is 10.1. The molecule has 0 amide bonds. The van der Waals surface area contributed by atoms with E-state index in [1.807, 2.05) is 10.8 Å². The Morgan fingerprint density at radius 1 is 1.12 bits per heavy atom. The number of carboxylic acid groups (broad SMARTS) is 2. The standard InChI is InChI=1S/C11H7NO4S/c13-10(14)7-1-2-8(6-3-4-17-5-6)12-9(7)11(15)16/h1-5H,(H,13,14)(H,15,16). The van der Waals surface area contributed by atoms with Gasteiger partial charge < -0.3 is 10.2 Å². The third kappa shape index (κ3) is 2.16. The molecule has 0 atom stereocenters. The van der Waals surface area contributed by atoms with Gasteiger partial charge in [0, 0.05) is 10.9 Å². The van der Waals surface area contributed by atoms with E-state index in [1.54, 1.807) is 6.07 Å². The molecular weight excluding hydrogens is 242 g/mol. The summed E-state index contributed by atoms with van der Waals surface area (Å²) in [5, 5.41) is 21.4. The van der Waals surface area contributed by atoms with Crippen LogP contribution in [0.25, 0.3) is 11.3 Å². The van der Waals surface area contributed by atoms with Crippen molar-refractivity contribution in [1.82, 2.24) is 4.98 Å². The summed E-state index contributed by atoms with van der Waals surface area (Å²) < 4.78 is 0. The van der Waals surface area contributed by atoms with E-state index in [0.29, 0.717) is 5.69 Å². The first kappa shape index (κ1) is 11.3. The average molecular weight is 249 g/mol. The van der Waals surface area contributed by atoms with Crippen LogP contribution in [0.3, 0.4) is 0 Å². The highest BCUT2D eigenvalue weighted by atomic mass is 32.1. The van der Waals surface area contributed by atoms with Crippen molar-refractivity contribution in [2.45, 2.75) is 0 Å². The first-order valence-electron chi connectivity index (χ1n) is 4.60. The minimum Gasteiger partial charge on any atom is -0.478 e. The van der Waals surface area contributed by atoms with Gasteiger partial charge >= 0.3 is 11.9 Å². The molecule has 0 radical (unpaired) electrons. The topological polar surface area (TPSA) is 87.5 Å². The fourth-order valence-electron chi connectivity index (χ4n) is 1.37. The number of thiophene rings is 1. The fraction of sp³-hybridized carbons (Fsp3) is 0. The largest absolute Gasteiger partial charge is 0.478 e. The minimum absolute atomic E-state index is 0.309. The maximum Gasteiger partial charge on any atom is 0.355 e. The van der Waals surface area contributed by atoms with Crippen LogP contribution in [0.15, 0.2) is 29.0 Å². The molecule has 2 heterocycles.